The molecule has 1 aromatic heterocycles. The summed E-state index contributed by atoms with van der Waals surface area (Å²) < 4.78 is 35.1. The van der Waals surface area contributed by atoms with Crippen LogP contribution in [0.25, 0.3) is 0 Å². The van der Waals surface area contributed by atoms with Crippen molar-refractivity contribution in [3.63, 3.8) is 0 Å². The van der Waals surface area contributed by atoms with Crippen molar-refractivity contribution in [3.05, 3.63) is 32.6 Å². The molecule has 164 valence electrons. The topological polar surface area (TPSA) is 158 Å². The second-order valence-electron chi connectivity index (χ2n) is 7.03. The van der Waals surface area contributed by atoms with E-state index in [-0.39, 0.29) is 31.2 Å². The maximum absolute atomic E-state index is 12.4. The first-order chi connectivity index (χ1) is 14.1. The van der Waals surface area contributed by atoms with Gasteiger partial charge in [0, 0.05) is 26.9 Å². The number of hydrogen-bond acceptors (Lipinski definition) is 8. The number of nitrogens with zero attached hydrogens (tertiary/aromatic N) is 1. The van der Waals surface area contributed by atoms with Gasteiger partial charge in [0.1, 0.15) is 23.4 Å². The summed E-state index contributed by atoms with van der Waals surface area (Å²) in [4.78, 5) is 47.2. The van der Waals surface area contributed by atoms with Gasteiger partial charge >= 0.3 is 13.3 Å². The monoisotopic (exact) mass is 443 g/mol. The number of fused-ring (bicyclic) bond motifs is 2. The average Bonchev–Trinajstić information content (AvgIpc) is 3.10. The lowest BCUT2D eigenvalue weighted by molar-refractivity contribution is -0.190. The van der Waals surface area contributed by atoms with Crippen LogP contribution >= 0.6 is 7.60 Å². The summed E-state index contributed by atoms with van der Waals surface area (Å²) in [6.45, 7) is 2.42. The Morgan fingerprint density at radius 3 is 2.90 bits per heavy atom. The van der Waals surface area contributed by atoms with Crippen molar-refractivity contribution in [2.45, 2.75) is 31.0 Å². The van der Waals surface area contributed by atoms with Crippen molar-refractivity contribution < 1.29 is 33.0 Å². The van der Waals surface area contributed by atoms with E-state index in [4.69, 9.17) is 18.7 Å². The van der Waals surface area contributed by atoms with Crippen LogP contribution in [0.4, 0.5) is 0 Å². The molecule has 5 atom stereocenters. The molecule has 2 unspecified atom stereocenters. The highest BCUT2D eigenvalue weighted by Gasteiger charge is 2.64. The predicted molar refractivity (Wildman–Crippen MR) is 102 cm³/mol. The van der Waals surface area contributed by atoms with Crippen molar-refractivity contribution in [2.75, 3.05) is 33.5 Å². The fourth-order valence-electron chi connectivity index (χ4n) is 3.40. The van der Waals surface area contributed by atoms with E-state index in [9.17, 15) is 23.8 Å². The van der Waals surface area contributed by atoms with Gasteiger partial charge in [0.15, 0.2) is 6.23 Å². The molecule has 2 aliphatic rings. The number of nitrogens with one attached hydrogen (secondary N) is 2. The summed E-state index contributed by atoms with van der Waals surface area (Å²) in [7, 11) is -2.48. The highest BCUT2D eigenvalue weighted by molar-refractivity contribution is 7.51. The van der Waals surface area contributed by atoms with Gasteiger partial charge in [0.05, 0.1) is 19.8 Å². The summed E-state index contributed by atoms with van der Waals surface area (Å²) in [5.41, 5.74) is -2.72. The minimum Gasteiger partial charge on any atom is -0.381 e. The van der Waals surface area contributed by atoms with E-state index < -0.39 is 42.9 Å². The smallest absolute Gasteiger partial charge is 0.330 e. The second-order valence-corrected chi connectivity index (χ2v) is 8.85. The molecule has 1 amide bonds. The van der Waals surface area contributed by atoms with Crippen LogP contribution in [0.2, 0.25) is 0 Å². The zero-order valence-corrected chi connectivity index (χ0v) is 17.4. The van der Waals surface area contributed by atoms with Gasteiger partial charge in [0.2, 0.25) is 5.91 Å². The molecule has 0 aromatic carbocycles. The third kappa shape index (κ3) is 4.57. The lowest BCUT2D eigenvalue weighted by atomic mass is 10.0. The number of amides is 1. The molecule has 13 heteroatoms. The molecular weight excluding hydrogens is 421 g/mol. The lowest BCUT2D eigenvalue weighted by Crippen LogP contribution is -2.46. The highest BCUT2D eigenvalue weighted by atomic mass is 31.2. The molecule has 1 aromatic rings. The normalized spacial score (nSPS) is 29.1. The molecular formula is C17H22N3O9P. The van der Waals surface area contributed by atoms with Crippen LogP contribution in [0.3, 0.4) is 0 Å². The number of hydrogen-bond donors (Lipinski definition) is 3. The zero-order chi connectivity index (χ0) is 22.1. The number of aromatic nitrogens is 2. The maximum atomic E-state index is 12.4. The number of rotatable bonds is 6. The first kappa shape index (κ1) is 22.4. The molecule has 0 saturated carbocycles. The number of carbonyl (C=O) groups excluding carboxylic acids is 1. The summed E-state index contributed by atoms with van der Waals surface area (Å²) >= 11 is 0. The van der Waals surface area contributed by atoms with E-state index in [1.165, 1.54) is 20.2 Å². The Bertz CT molecular complexity index is 1050. The molecule has 12 nitrogen and oxygen atoms in total. The standard InChI is InChI=1S/C17H22N3O9P/c1-10(21)18-6-4-5-11-7-20(16(23)19-14(11)22)15-12-13(29-30(3,24)25)17(28-15,8-26-2)9-27-12/h7,12-13,15H,6,8-9H2,1-3H3,(H,18,21)(H,24,25)(H,19,22,23)/t12?,13-,15-,17+/m1/s1. The third-order valence-corrected chi connectivity index (χ3v) is 5.18. The van der Waals surface area contributed by atoms with E-state index in [0.717, 1.165) is 11.2 Å². The SMILES string of the molecule is COC[C@@]12COC([C@H](n3cc(C#CCNC(C)=O)c(=O)[nH]c3=O)O1)[C@H]2OP(C)(=O)O. The van der Waals surface area contributed by atoms with Crippen LogP contribution in [0.15, 0.2) is 15.8 Å². The van der Waals surface area contributed by atoms with Gasteiger partial charge in [-0.25, -0.2) is 4.79 Å². The van der Waals surface area contributed by atoms with E-state index in [0.29, 0.717) is 0 Å². The van der Waals surface area contributed by atoms with E-state index in [2.05, 4.69) is 22.1 Å². The van der Waals surface area contributed by atoms with E-state index >= 15 is 0 Å². The molecule has 0 aliphatic carbocycles. The second kappa shape index (κ2) is 8.47. The van der Waals surface area contributed by atoms with Crippen LogP contribution in [-0.4, -0.2) is 71.7 Å². The maximum Gasteiger partial charge on any atom is 0.330 e. The predicted octanol–water partition coefficient (Wildman–Crippen LogP) is -1.46. The summed E-state index contributed by atoms with van der Waals surface area (Å²) in [6, 6.07) is 0. The lowest BCUT2D eigenvalue weighted by Gasteiger charge is -2.31. The molecule has 30 heavy (non-hydrogen) atoms. The molecule has 2 saturated heterocycles. The Labute approximate surface area is 171 Å². The van der Waals surface area contributed by atoms with Crippen LogP contribution in [0.5, 0.6) is 0 Å². The van der Waals surface area contributed by atoms with Gasteiger partial charge < -0.3 is 24.4 Å². The van der Waals surface area contributed by atoms with Gasteiger partial charge in [-0.1, -0.05) is 11.8 Å². The number of aromatic amines is 1. The minimum absolute atomic E-state index is 0.00779. The van der Waals surface area contributed by atoms with Crippen molar-refractivity contribution in [1.29, 1.82) is 0 Å². The van der Waals surface area contributed by atoms with Crippen molar-refractivity contribution >= 4 is 13.5 Å². The van der Waals surface area contributed by atoms with Crippen LogP contribution in [-0.2, 0) is 28.1 Å². The molecule has 2 aliphatic heterocycles. The molecule has 3 heterocycles. The largest absolute Gasteiger partial charge is 0.381 e. The Balaban J connectivity index is 1.95. The first-order valence-corrected chi connectivity index (χ1v) is 10.9. The Hall–Kier alpha value is -2.26. The number of carbonyl (C=O) groups is 1. The summed E-state index contributed by atoms with van der Waals surface area (Å²) in [5, 5.41) is 2.47. The molecule has 3 N–H and O–H groups in total. The zero-order valence-electron chi connectivity index (χ0n) is 16.5. The molecule has 3 rings (SSSR count). The molecule has 2 bridgehead atoms. The number of ether oxygens (including phenoxy) is 3. The third-order valence-electron chi connectivity index (χ3n) is 4.56. The van der Waals surface area contributed by atoms with E-state index in [1.807, 2.05) is 0 Å². The summed E-state index contributed by atoms with van der Waals surface area (Å²) in [5.74, 6) is 4.92. The Morgan fingerprint density at radius 1 is 1.53 bits per heavy atom. The van der Waals surface area contributed by atoms with Gasteiger partial charge in [0.25, 0.3) is 5.56 Å². The molecule has 2 fully saturated rings. The molecule has 0 spiro atoms. The summed E-state index contributed by atoms with van der Waals surface area (Å²) in [6.07, 6.45) is -1.72. The van der Waals surface area contributed by atoms with Crippen molar-refractivity contribution in [2.24, 2.45) is 0 Å². The Morgan fingerprint density at radius 2 is 2.27 bits per heavy atom. The fraction of sp³-hybridized carbons (Fsp3) is 0.588. The minimum atomic E-state index is -3.91. The first-order valence-electron chi connectivity index (χ1n) is 8.92. The molecule has 0 radical (unpaired) electrons. The van der Waals surface area contributed by atoms with Gasteiger partial charge in [-0.3, -0.25) is 28.2 Å². The van der Waals surface area contributed by atoms with Gasteiger partial charge in [-0.05, 0) is 0 Å². The fourth-order valence-corrected chi connectivity index (χ4v) is 4.14. The van der Waals surface area contributed by atoms with Gasteiger partial charge in [-0.2, -0.15) is 0 Å². The van der Waals surface area contributed by atoms with Crippen LogP contribution in [0.1, 0.15) is 18.7 Å². The highest BCUT2D eigenvalue weighted by Crippen LogP contribution is 2.52. The van der Waals surface area contributed by atoms with Crippen LogP contribution < -0.4 is 16.6 Å². The van der Waals surface area contributed by atoms with Crippen LogP contribution in [0, 0.1) is 11.8 Å². The van der Waals surface area contributed by atoms with Gasteiger partial charge in [-0.15, -0.1) is 0 Å². The van der Waals surface area contributed by atoms with E-state index in [1.54, 1.807) is 0 Å². The number of methoxy groups -OCH3 is 1. The van der Waals surface area contributed by atoms with Crippen molar-refractivity contribution in [1.82, 2.24) is 14.9 Å². The Kier molecular flexibility index (Phi) is 6.33. The quantitative estimate of drug-likeness (QED) is 0.353. The average molecular weight is 443 g/mol. The number of H-pyrrole nitrogens is 1. The van der Waals surface area contributed by atoms with Crippen molar-refractivity contribution in [3.8, 4) is 11.8 Å².